The van der Waals surface area contributed by atoms with Gasteiger partial charge >= 0.3 is 0 Å². The molecule has 1 rings (SSSR count). The first kappa shape index (κ1) is 9.86. The second kappa shape index (κ2) is 3.66. The van der Waals surface area contributed by atoms with Crippen LogP contribution in [0.25, 0.3) is 0 Å². The number of benzene rings is 1. The van der Waals surface area contributed by atoms with E-state index in [1.54, 1.807) is 0 Å². The Morgan fingerprint density at radius 1 is 1.57 bits per heavy atom. The Hall–Kier alpha value is -2.22. The zero-order valence-corrected chi connectivity index (χ0v) is 7.35. The van der Waals surface area contributed by atoms with Crippen molar-refractivity contribution < 1.29 is 9.72 Å². The summed E-state index contributed by atoms with van der Waals surface area (Å²) >= 11 is 0. The van der Waals surface area contributed by atoms with Crippen LogP contribution in [-0.2, 0) is 0 Å². The van der Waals surface area contributed by atoms with Crippen molar-refractivity contribution in [2.45, 2.75) is 6.92 Å². The molecule has 0 saturated heterocycles. The van der Waals surface area contributed by atoms with Crippen LogP contribution in [0.5, 0.6) is 0 Å². The molecule has 0 amide bonds. The van der Waals surface area contributed by atoms with Gasteiger partial charge in [0.2, 0.25) is 0 Å². The molecule has 1 aromatic carbocycles. The van der Waals surface area contributed by atoms with Gasteiger partial charge in [0.25, 0.3) is 5.69 Å². The molecule has 0 spiro atoms. The van der Waals surface area contributed by atoms with Crippen molar-refractivity contribution in [2.75, 3.05) is 0 Å². The summed E-state index contributed by atoms with van der Waals surface area (Å²) in [4.78, 5) is 20.5. The summed E-state index contributed by atoms with van der Waals surface area (Å²) in [5.41, 5.74) is 0.319. The van der Waals surface area contributed by atoms with Gasteiger partial charge in [0, 0.05) is 6.07 Å². The molecule has 0 saturated carbocycles. The molecule has 0 bridgehead atoms. The summed E-state index contributed by atoms with van der Waals surface area (Å²) in [5, 5.41) is 19.1. The SMILES string of the molecule is Cc1c(C#N)ccc([N+](=O)[O-])c1C=O. The summed E-state index contributed by atoms with van der Waals surface area (Å²) in [6.45, 7) is 1.51. The number of carbonyl (C=O) groups excluding carboxylic acids is 1. The lowest BCUT2D eigenvalue weighted by atomic mass is 10.0. The third kappa shape index (κ3) is 1.45. The fraction of sp³-hybridized carbons (Fsp3) is 0.111. The number of nitro benzene ring substituents is 1. The van der Waals surface area contributed by atoms with Crippen molar-refractivity contribution in [2.24, 2.45) is 0 Å². The van der Waals surface area contributed by atoms with E-state index in [-0.39, 0.29) is 16.8 Å². The highest BCUT2D eigenvalue weighted by atomic mass is 16.6. The zero-order chi connectivity index (χ0) is 10.7. The molecule has 14 heavy (non-hydrogen) atoms. The number of nitrogens with zero attached hydrogens (tertiary/aromatic N) is 2. The van der Waals surface area contributed by atoms with E-state index >= 15 is 0 Å². The van der Waals surface area contributed by atoms with Gasteiger partial charge in [0.15, 0.2) is 6.29 Å². The van der Waals surface area contributed by atoms with E-state index < -0.39 is 4.92 Å². The molecule has 0 unspecified atom stereocenters. The third-order valence-corrected chi connectivity index (χ3v) is 1.93. The van der Waals surface area contributed by atoms with Gasteiger partial charge in [-0.25, -0.2) is 0 Å². The number of rotatable bonds is 2. The first-order chi connectivity index (χ1) is 6.61. The Bertz CT molecular complexity index is 446. The van der Waals surface area contributed by atoms with Crippen LogP contribution in [0.3, 0.4) is 0 Å². The van der Waals surface area contributed by atoms with E-state index in [4.69, 9.17) is 5.26 Å². The van der Waals surface area contributed by atoms with E-state index in [1.807, 2.05) is 6.07 Å². The molecule has 70 valence electrons. The number of nitriles is 1. The van der Waals surface area contributed by atoms with Crippen molar-refractivity contribution >= 4 is 12.0 Å². The summed E-state index contributed by atoms with van der Waals surface area (Å²) in [6, 6.07) is 4.35. The second-order valence-electron chi connectivity index (χ2n) is 2.66. The van der Waals surface area contributed by atoms with Gasteiger partial charge in [0.1, 0.15) is 0 Å². The summed E-state index contributed by atoms with van der Waals surface area (Å²) in [6.07, 6.45) is 0.397. The number of hydrogen-bond donors (Lipinski definition) is 0. The van der Waals surface area contributed by atoms with Crippen LogP contribution < -0.4 is 0 Å². The van der Waals surface area contributed by atoms with Crippen molar-refractivity contribution in [3.8, 4) is 6.07 Å². The predicted molar refractivity (Wildman–Crippen MR) is 47.9 cm³/mol. The van der Waals surface area contributed by atoms with Crippen molar-refractivity contribution in [1.82, 2.24) is 0 Å². The molecule has 0 atom stereocenters. The second-order valence-corrected chi connectivity index (χ2v) is 2.66. The van der Waals surface area contributed by atoms with E-state index in [2.05, 4.69) is 0 Å². The predicted octanol–water partition coefficient (Wildman–Crippen LogP) is 1.59. The lowest BCUT2D eigenvalue weighted by Gasteiger charge is -2.01. The maximum Gasteiger partial charge on any atom is 0.280 e. The van der Waals surface area contributed by atoms with Crippen molar-refractivity contribution in [3.63, 3.8) is 0 Å². The molecule has 0 aliphatic heterocycles. The number of hydrogen-bond acceptors (Lipinski definition) is 4. The van der Waals surface area contributed by atoms with Crippen LogP contribution in [-0.4, -0.2) is 11.2 Å². The highest BCUT2D eigenvalue weighted by Crippen LogP contribution is 2.22. The third-order valence-electron chi connectivity index (χ3n) is 1.93. The number of carbonyl (C=O) groups is 1. The maximum atomic E-state index is 10.6. The molecular formula is C9H6N2O3. The molecule has 0 aromatic heterocycles. The van der Waals surface area contributed by atoms with Crippen LogP contribution in [0, 0.1) is 28.4 Å². The largest absolute Gasteiger partial charge is 0.298 e. The molecule has 0 radical (unpaired) electrons. The number of nitro groups is 1. The minimum atomic E-state index is -0.641. The first-order valence-electron chi connectivity index (χ1n) is 3.75. The van der Waals surface area contributed by atoms with E-state index in [1.165, 1.54) is 13.0 Å². The normalized spacial score (nSPS) is 9.14. The molecule has 0 aliphatic rings. The first-order valence-corrected chi connectivity index (χ1v) is 3.75. The van der Waals surface area contributed by atoms with Gasteiger partial charge in [-0.1, -0.05) is 0 Å². The fourth-order valence-corrected chi connectivity index (χ4v) is 1.14. The minimum Gasteiger partial charge on any atom is -0.298 e. The van der Waals surface area contributed by atoms with Gasteiger partial charge in [-0.3, -0.25) is 14.9 Å². The standard InChI is InChI=1S/C9H6N2O3/c1-6-7(4-10)2-3-9(11(13)14)8(6)5-12/h2-3,5H,1H3. The molecule has 0 fully saturated rings. The summed E-state index contributed by atoms with van der Waals surface area (Å²) < 4.78 is 0. The van der Waals surface area contributed by atoms with Crippen molar-refractivity contribution in [3.05, 3.63) is 38.9 Å². The summed E-state index contributed by atoms with van der Waals surface area (Å²) in [5.74, 6) is 0. The average molecular weight is 190 g/mol. The van der Waals surface area contributed by atoms with Crippen LogP contribution in [0.4, 0.5) is 5.69 Å². The van der Waals surface area contributed by atoms with Crippen molar-refractivity contribution in [1.29, 1.82) is 5.26 Å². The van der Waals surface area contributed by atoms with E-state index in [9.17, 15) is 14.9 Å². The smallest absolute Gasteiger partial charge is 0.280 e. The lowest BCUT2D eigenvalue weighted by Crippen LogP contribution is -1.98. The van der Waals surface area contributed by atoms with Crippen LogP contribution >= 0.6 is 0 Å². The molecule has 1 aromatic rings. The van der Waals surface area contributed by atoms with Crippen LogP contribution in [0.15, 0.2) is 12.1 Å². The van der Waals surface area contributed by atoms with E-state index in [0.29, 0.717) is 11.8 Å². The van der Waals surface area contributed by atoms with Crippen LogP contribution in [0.1, 0.15) is 21.5 Å². The zero-order valence-electron chi connectivity index (χ0n) is 7.35. The Morgan fingerprint density at radius 2 is 2.21 bits per heavy atom. The van der Waals surface area contributed by atoms with Gasteiger partial charge in [-0.05, 0) is 18.6 Å². The van der Waals surface area contributed by atoms with Gasteiger partial charge < -0.3 is 0 Å². The van der Waals surface area contributed by atoms with E-state index in [0.717, 1.165) is 6.07 Å². The quantitative estimate of drug-likeness (QED) is 0.402. The molecule has 0 N–H and O–H groups in total. The molecule has 5 nitrogen and oxygen atoms in total. The number of aldehydes is 1. The average Bonchev–Trinajstić information content (AvgIpc) is 2.17. The monoisotopic (exact) mass is 190 g/mol. The molecule has 0 heterocycles. The topological polar surface area (TPSA) is 84.0 Å². The fourth-order valence-electron chi connectivity index (χ4n) is 1.14. The lowest BCUT2D eigenvalue weighted by molar-refractivity contribution is -0.385. The highest BCUT2D eigenvalue weighted by Gasteiger charge is 2.17. The Labute approximate surface area is 79.7 Å². The molecular weight excluding hydrogens is 184 g/mol. The Morgan fingerprint density at radius 3 is 2.64 bits per heavy atom. The summed E-state index contributed by atoms with van der Waals surface area (Å²) in [7, 11) is 0. The highest BCUT2D eigenvalue weighted by molar-refractivity contribution is 5.84. The molecule has 0 aliphatic carbocycles. The van der Waals surface area contributed by atoms with Gasteiger partial charge in [-0.2, -0.15) is 5.26 Å². The van der Waals surface area contributed by atoms with Gasteiger partial charge in [-0.15, -0.1) is 0 Å². The maximum absolute atomic E-state index is 10.6. The van der Waals surface area contributed by atoms with Gasteiger partial charge in [0.05, 0.1) is 22.1 Å². The Balaban J connectivity index is 3.53. The van der Waals surface area contributed by atoms with Crippen LogP contribution in [0.2, 0.25) is 0 Å². The minimum absolute atomic E-state index is 0.0333. The Kier molecular flexibility index (Phi) is 2.58. The molecule has 5 heteroatoms.